The van der Waals surface area contributed by atoms with E-state index in [0.717, 1.165) is 15.4 Å². The number of nitrogens with one attached hydrogen (secondary N) is 1. The minimum atomic E-state index is -3.50. The van der Waals surface area contributed by atoms with E-state index in [4.69, 9.17) is 16.3 Å². The molecule has 0 aromatic heterocycles. The second-order valence-corrected chi connectivity index (χ2v) is 12.5. The van der Waals surface area contributed by atoms with Gasteiger partial charge in [0.1, 0.15) is 17.7 Å². The fraction of sp³-hybridized carbons (Fsp3) is 0.259. The largest absolute Gasteiger partial charge is 0.492 e. The third-order valence-electron chi connectivity index (χ3n) is 5.95. The first-order valence-corrected chi connectivity index (χ1v) is 14.7. The topological polar surface area (TPSA) is 96.0 Å². The number of carbonyl (C=O) groups is 2. The molecule has 0 saturated carbocycles. The molecule has 38 heavy (non-hydrogen) atoms. The molecule has 1 heterocycles. The predicted molar refractivity (Wildman–Crippen MR) is 149 cm³/mol. The van der Waals surface area contributed by atoms with Gasteiger partial charge in [-0.25, -0.2) is 12.7 Å². The molecule has 0 bridgehead atoms. The summed E-state index contributed by atoms with van der Waals surface area (Å²) in [6.45, 7) is 0.994. The third kappa shape index (κ3) is 6.68. The molecule has 2 amide bonds. The van der Waals surface area contributed by atoms with Gasteiger partial charge in [-0.1, -0.05) is 35.9 Å². The lowest BCUT2D eigenvalue weighted by molar-refractivity contribution is -0.128. The van der Waals surface area contributed by atoms with Crippen LogP contribution in [0.3, 0.4) is 0 Å². The Kier molecular flexibility index (Phi) is 8.99. The van der Waals surface area contributed by atoms with Crippen molar-refractivity contribution in [1.29, 1.82) is 0 Å². The Morgan fingerprint density at radius 2 is 1.71 bits per heavy atom. The Hall–Kier alpha value is -3.05. The van der Waals surface area contributed by atoms with Crippen LogP contribution in [0.1, 0.15) is 26.9 Å². The summed E-state index contributed by atoms with van der Waals surface area (Å²) in [5.74, 6) is 0.758. The van der Waals surface area contributed by atoms with Crippen LogP contribution in [0.4, 0.5) is 0 Å². The molecule has 1 atom stereocenters. The third-order valence-corrected chi connectivity index (χ3v) is 9.29. The molecule has 3 aromatic rings. The van der Waals surface area contributed by atoms with Crippen molar-refractivity contribution in [2.75, 3.05) is 33.0 Å². The van der Waals surface area contributed by atoms with Crippen molar-refractivity contribution in [2.45, 2.75) is 16.8 Å². The van der Waals surface area contributed by atoms with E-state index >= 15 is 0 Å². The zero-order valence-corrected chi connectivity index (χ0v) is 23.4. The zero-order chi connectivity index (χ0) is 27.3. The minimum Gasteiger partial charge on any atom is -0.492 e. The predicted octanol–water partition coefficient (Wildman–Crippen LogP) is 4.17. The van der Waals surface area contributed by atoms with Crippen LogP contribution >= 0.6 is 23.4 Å². The molecule has 1 fully saturated rings. The van der Waals surface area contributed by atoms with Crippen LogP contribution in [0, 0.1) is 0 Å². The first-order chi connectivity index (χ1) is 18.1. The highest BCUT2D eigenvalue weighted by Crippen LogP contribution is 2.39. The van der Waals surface area contributed by atoms with Crippen molar-refractivity contribution in [3.8, 4) is 5.75 Å². The molecule has 1 N–H and O–H groups in total. The van der Waals surface area contributed by atoms with Gasteiger partial charge in [-0.2, -0.15) is 0 Å². The molecule has 11 heteroatoms. The average molecular weight is 574 g/mol. The van der Waals surface area contributed by atoms with Gasteiger partial charge in [0, 0.05) is 31.2 Å². The van der Waals surface area contributed by atoms with E-state index in [1.165, 1.54) is 26.2 Å². The SMILES string of the molecule is CN(C)S(=O)(=O)c1ccc(OCCNC(=O)c2ccc([C@H]3SCC(=O)N3Cc3ccc(Cl)cc3)cc2)cc1. The van der Waals surface area contributed by atoms with Crippen LogP contribution < -0.4 is 10.1 Å². The van der Waals surface area contributed by atoms with Crippen molar-refractivity contribution in [1.82, 2.24) is 14.5 Å². The lowest BCUT2D eigenvalue weighted by Crippen LogP contribution is -2.28. The second-order valence-electron chi connectivity index (χ2n) is 8.80. The average Bonchev–Trinajstić information content (AvgIpc) is 3.27. The molecule has 1 aliphatic heterocycles. The minimum absolute atomic E-state index is 0.0748. The lowest BCUT2D eigenvalue weighted by atomic mass is 10.1. The Labute approximate surface area is 232 Å². The number of hydrogen-bond donors (Lipinski definition) is 1. The Morgan fingerprint density at radius 3 is 2.34 bits per heavy atom. The van der Waals surface area contributed by atoms with Gasteiger partial charge >= 0.3 is 0 Å². The number of amides is 2. The maximum Gasteiger partial charge on any atom is 0.251 e. The highest BCUT2D eigenvalue weighted by molar-refractivity contribution is 8.00. The van der Waals surface area contributed by atoms with Crippen LogP contribution in [0.25, 0.3) is 0 Å². The van der Waals surface area contributed by atoms with Crippen LogP contribution in [0.5, 0.6) is 5.75 Å². The Morgan fingerprint density at radius 1 is 1.05 bits per heavy atom. The van der Waals surface area contributed by atoms with Gasteiger partial charge in [-0.05, 0) is 59.7 Å². The highest BCUT2D eigenvalue weighted by Gasteiger charge is 2.32. The molecule has 0 radical (unpaired) electrons. The molecule has 0 spiro atoms. The number of hydrogen-bond acceptors (Lipinski definition) is 6. The van der Waals surface area contributed by atoms with Crippen molar-refractivity contribution in [3.63, 3.8) is 0 Å². The van der Waals surface area contributed by atoms with E-state index in [9.17, 15) is 18.0 Å². The Bertz CT molecular complexity index is 1380. The molecule has 1 aliphatic rings. The smallest absolute Gasteiger partial charge is 0.251 e. The molecule has 0 aliphatic carbocycles. The van der Waals surface area contributed by atoms with Gasteiger partial charge in [0.05, 0.1) is 17.2 Å². The molecule has 8 nitrogen and oxygen atoms in total. The standard InChI is InChI=1S/C27H28ClN3O5S2/c1-30(2)38(34,35)24-13-11-23(12-14-24)36-16-15-29-26(33)20-5-7-21(8-6-20)27-31(25(32)18-37-27)17-19-3-9-22(28)10-4-19/h3-14,27H,15-18H2,1-2H3,(H,29,33)/t27-/m1/s1. The van der Waals surface area contributed by atoms with E-state index in [0.29, 0.717) is 28.6 Å². The zero-order valence-electron chi connectivity index (χ0n) is 21.0. The van der Waals surface area contributed by atoms with Crippen LogP contribution in [0.2, 0.25) is 5.02 Å². The summed E-state index contributed by atoms with van der Waals surface area (Å²) < 4.78 is 31.0. The van der Waals surface area contributed by atoms with Crippen molar-refractivity contribution in [2.24, 2.45) is 0 Å². The van der Waals surface area contributed by atoms with E-state index in [1.54, 1.807) is 36.0 Å². The molecular formula is C27H28ClN3O5S2. The summed E-state index contributed by atoms with van der Waals surface area (Å²) in [4.78, 5) is 27.1. The number of halogens is 1. The number of carbonyl (C=O) groups excluding carboxylic acids is 2. The number of rotatable bonds is 10. The number of benzene rings is 3. The summed E-state index contributed by atoms with van der Waals surface area (Å²) in [6, 6.07) is 20.8. The summed E-state index contributed by atoms with van der Waals surface area (Å²) in [5.41, 5.74) is 2.46. The van der Waals surface area contributed by atoms with Gasteiger partial charge in [0.15, 0.2) is 0 Å². The summed E-state index contributed by atoms with van der Waals surface area (Å²) in [5, 5.41) is 3.34. The van der Waals surface area contributed by atoms with Crippen LogP contribution in [-0.2, 0) is 21.4 Å². The maximum absolute atomic E-state index is 12.6. The lowest BCUT2D eigenvalue weighted by Gasteiger charge is -2.24. The highest BCUT2D eigenvalue weighted by atomic mass is 35.5. The van der Waals surface area contributed by atoms with E-state index in [1.807, 2.05) is 41.3 Å². The van der Waals surface area contributed by atoms with Gasteiger partial charge in [0.25, 0.3) is 5.91 Å². The molecule has 200 valence electrons. The van der Waals surface area contributed by atoms with Crippen molar-refractivity contribution in [3.05, 3.63) is 94.5 Å². The van der Waals surface area contributed by atoms with Crippen molar-refractivity contribution < 1.29 is 22.7 Å². The first-order valence-electron chi connectivity index (χ1n) is 11.8. The Balaban J connectivity index is 1.28. The number of thioether (sulfide) groups is 1. The normalized spacial score (nSPS) is 15.6. The monoisotopic (exact) mass is 573 g/mol. The van der Waals surface area contributed by atoms with Gasteiger partial charge in [-0.15, -0.1) is 11.8 Å². The quantitative estimate of drug-likeness (QED) is 0.366. The number of nitrogens with zero attached hydrogens (tertiary/aromatic N) is 2. The molecule has 4 rings (SSSR count). The summed E-state index contributed by atoms with van der Waals surface area (Å²) in [7, 11) is -0.546. The van der Waals surface area contributed by atoms with Gasteiger partial charge in [0.2, 0.25) is 15.9 Å². The van der Waals surface area contributed by atoms with E-state index < -0.39 is 10.0 Å². The van der Waals surface area contributed by atoms with Crippen molar-refractivity contribution >= 4 is 45.2 Å². The maximum atomic E-state index is 12.6. The number of sulfonamides is 1. The van der Waals surface area contributed by atoms with Crippen LogP contribution in [0.15, 0.2) is 77.7 Å². The van der Waals surface area contributed by atoms with Crippen LogP contribution in [-0.4, -0.2) is 62.4 Å². The van der Waals surface area contributed by atoms with E-state index in [-0.39, 0.29) is 35.2 Å². The summed E-state index contributed by atoms with van der Waals surface area (Å²) >= 11 is 7.54. The van der Waals surface area contributed by atoms with E-state index in [2.05, 4.69) is 5.32 Å². The number of ether oxygens (including phenoxy) is 1. The molecule has 1 saturated heterocycles. The molecular weight excluding hydrogens is 546 g/mol. The molecule has 3 aromatic carbocycles. The molecule has 0 unspecified atom stereocenters. The first kappa shape index (κ1) is 28.0. The van der Waals surface area contributed by atoms with Gasteiger partial charge < -0.3 is 15.0 Å². The summed E-state index contributed by atoms with van der Waals surface area (Å²) in [6.07, 6.45) is 0. The second kappa shape index (κ2) is 12.2. The van der Waals surface area contributed by atoms with Gasteiger partial charge in [-0.3, -0.25) is 9.59 Å². The fourth-order valence-corrected chi connectivity index (χ4v) is 6.06. The fourth-order valence-electron chi connectivity index (χ4n) is 3.84.